The van der Waals surface area contributed by atoms with E-state index in [1.165, 1.54) is 6.20 Å². The minimum absolute atomic E-state index is 0.0838. The number of hydrogen-bond donors (Lipinski definition) is 1. The Labute approximate surface area is 193 Å². The molecule has 1 aromatic carbocycles. The van der Waals surface area contributed by atoms with E-state index in [9.17, 15) is 9.59 Å². The normalized spacial score (nSPS) is 13.6. The fourth-order valence-corrected chi connectivity index (χ4v) is 4.02. The molecule has 1 aliphatic rings. The fourth-order valence-electron chi connectivity index (χ4n) is 4.02. The summed E-state index contributed by atoms with van der Waals surface area (Å²) in [5.74, 6) is 0.372. The van der Waals surface area contributed by atoms with Crippen LogP contribution in [0.4, 0.5) is 0 Å². The smallest absolute Gasteiger partial charge is 0.255 e. The quantitative estimate of drug-likeness (QED) is 0.600. The van der Waals surface area contributed by atoms with Gasteiger partial charge in [0.2, 0.25) is 5.91 Å². The Morgan fingerprint density at radius 3 is 2.48 bits per heavy atom. The first-order valence-corrected chi connectivity index (χ1v) is 11.2. The zero-order chi connectivity index (χ0) is 23.2. The molecule has 8 heteroatoms. The molecule has 0 unspecified atom stereocenters. The molecule has 1 aliphatic carbocycles. The molecular weight excluding hydrogens is 416 g/mol. The number of benzene rings is 1. The molecule has 3 aromatic rings. The van der Waals surface area contributed by atoms with Crippen LogP contribution >= 0.6 is 0 Å². The highest BCUT2D eigenvalue weighted by molar-refractivity contribution is 5.99. The number of rotatable bonds is 7. The third-order valence-electron chi connectivity index (χ3n) is 5.86. The standard InChI is InChI=1S/C25H28N6O2/c1-17-12-27-21(15-26-17)23-20(24(32)29-13-18-8-4-3-5-9-18)14-28-22(30-23)16-31(2)25(33)19-10-6-7-11-19/h3-5,8-9,12,14-15,19H,6-7,10-11,13,16H2,1-2H3,(H,29,32). The first kappa shape index (κ1) is 22.5. The summed E-state index contributed by atoms with van der Waals surface area (Å²) in [6.07, 6.45) is 8.83. The minimum Gasteiger partial charge on any atom is -0.348 e. The van der Waals surface area contributed by atoms with E-state index in [0.717, 1.165) is 36.9 Å². The van der Waals surface area contributed by atoms with Crippen molar-refractivity contribution in [1.82, 2.24) is 30.2 Å². The molecule has 1 fully saturated rings. The Hall–Kier alpha value is -3.68. The van der Waals surface area contributed by atoms with Gasteiger partial charge in [-0.05, 0) is 25.3 Å². The van der Waals surface area contributed by atoms with Gasteiger partial charge in [0.15, 0.2) is 0 Å². The predicted octanol–water partition coefficient (Wildman–Crippen LogP) is 3.32. The summed E-state index contributed by atoms with van der Waals surface area (Å²) in [7, 11) is 1.77. The van der Waals surface area contributed by atoms with Crippen molar-refractivity contribution in [1.29, 1.82) is 0 Å². The number of aryl methyl sites for hydroxylation is 1. The maximum atomic E-state index is 13.0. The highest BCUT2D eigenvalue weighted by atomic mass is 16.2. The average molecular weight is 445 g/mol. The third kappa shape index (κ3) is 5.58. The number of nitrogens with zero attached hydrogens (tertiary/aromatic N) is 5. The van der Waals surface area contributed by atoms with Gasteiger partial charge in [0.05, 0.1) is 24.0 Å². The van der Waals surface area contributed by atoms with Crippen molar-refractivity contribution in [2.24, 2.45) is 5.92 Å². The van der Waals surface area contributed by atoms with Gasteiger partial charge >= 0.3 is 0 Å². The van der Waals surface area contributed by atoms with E-state index in [2.05, 4.69) is 25.3 Å². The lowest BCUT2D eigenvalue weighted by Crippen LogP contribution is -2.32. The van der Waals surface area contributed by atoms with Gasteiger partial charge in [0, 0.05) is 31.9 Å². The van der Waals surface area contributed by atoms with Gasteiger partial charge in [0.25, 0.3) is 5.91 Å². The zero-order valence-electron chi connectivity index (χ0n) is 19.0. The van der Waals surface area contributed by atoms with Crippen molar-refractivity contribution < 1.29 is 9.59 Å². The predicted molar refractivity (Wildman–Crippen MR) is 124 cm³/mol. The number of carbonyl (C=O) groups is 2. The van der Waals surface area contributed by atoms with Gasteiger partial charge in [0.1, 0.15) is 17.2 Å². The SMILES string of the molecule is Cc1cnc(-c2nc(CN(C)C(=O)C3CCCC3)ncc2C(=O)NCc2ccccc2)cn1. The second-order valence-electron chi connectivity index (χ2n) is 8.44. The highest BCUT2D eigenvalue weighted by Gasteiger charge is 2.26. The second kappa shape index (κ2) is 10.3. The summed E-state index contributed by atoms with van der Waals surface area (Å²) in [5, 5.41) is 2.92. The second-order valence-corrected chi connectivity index (χ2v) is 8.44. The van der Waals surface area contributed by atoms with E-state index in [0.29, 0.717) is 29.3 Å². The van der Waals surface area contributed by atoms with Crippen LogP contribution in [-0.2, 0) is 17.9 Å². The van der Waals surface area contributed by atoms with Crippen molar-refractivity contribution >= 4 is 11.8 Å². The summed E-state index contributed by atoms with van der Waals surface area (Å²) >= 11 is 0. The fraction of sp³-hybridized carbons (Fsp3) is 0.360. The Morgan fingerprint density at radius 2 is 1.79 bits per heavy atom. The number of hydrogen-bond acceptors (Lipinski definition) is 6. The van der Waals surface area contributed by atoms with Crippen LogP contribution in [0.1, 0.15) is 53.1 Å². The van der Waals surface area contributed by atoms with Crippen LogP contribution in [0.3, 0.4) is 0 Å². The van der Waals surface area contributed by atoms with E-state index >= 15 is 0 Å². The van der Waals surface area contributed by atoms with Gasteiger partial charge in [-0.3, -0.25) is 19.6 Å². The third-order valence-corrected chi connectivity index (χ3v) is 5.86. The average Bonchev–Trinajstić information content (AvgIpc) is 3.38. The number of aromatic nitrogens is 4. The maximum absolute atomic E-state index is 13.0. The molecule has 0 saturated heterocycles. The van der Waals surface area contributed by atoms with Crippen molar-refractivity contribution in [3.63, 3.8) is 0 Å². The molecule has 170 valence electrons. The number of carbonyl (C=O) groups excluding carboxylic acids is 2. The molecule has 1 N–H and O–H groups in total. The van der Waals surface area contributed by atoms with Crippen LogP contribution in [0.25, 0.3) is 11.4 Å². The van der Waals surface area contributed by atoms with E-state index in [1.54, 1.807) is 24.3 Å². The molecule has 2 heterocycles. The lowest BCUT2D eigenvalue weighted by atomic mass is 10.1. The molecule has 8 nitrogen and oxygen atoms in total. The molecule has 33 heavy (non-hydrogen) atoms. The summed E-state index contributed by atoms with van der Waals surface area (Å²) in [6.45, 7) is 2.51. The minimum atomic E-state index is -0.293. The Morgan fingerprint density at radius 1 is 1.03 bits per heavy atom. The lowest BCUT2D eigenvalue weighted by Gasteiger charge is -2.20. The molecule has 4 rings (SSSR count). The molecular formula is C25H28N6O2. The highest BCUT2D eigenvalue weighted by Crippen LogP contribution is 2.27. The molecule has 0 atom stereocenters. The van der Waals surface area contributed by atoms with E-state index in [-0.39, 0.29) is 24.3 Å². The monoisotopic (exact) mass is 444 g/mol. The van der Waals surface area contributed by atoms with Crippen molar-refractivity contribution in [3.8, 4) is 11.4 Å². The van der Waals surface area contributed by atoms with Gasteiger partial charge in [-0.15, -0.1) is 0 Å². The molecule has 0 aliphatic heterocycles. The molecule has 0 radical (unpaired) electrons. The van der Waals surface area contributed by atoms with Crippen LogP contribution in [0.15, 0.2) is 48.9 Å². The van der Waals surface area contributed by atoms with Crippen LogP contribution in [0, 0.1) is 12.8 Å². The molecule has 2 amide bonds. The topological polar surface area (TPSA) is 101 Å². The largest absolute Gasteiger partial charge is 0.348 e. The van der Waals surface area contributed by atoms with Gasteiger partial charge in [-0.25, -0.2) is 9.97 Å². The van der Waals surface area contributed by atoms with Crippen LogP contribution < -0.4 is 5.32 Å². The van der Waals surface area contributed by atoms with Gasteiger partial charge in [-0.2, -0.15) is 0 Å². The van der Waals surface area contributed by atoms with Crippen LogP contribution in [-0.4, -0.2) is 43.7 Å². The first-order valence-electron chi connectivity index (χ1n) is 11.2. The molecule has 0 spiro atoms. The van der Waals surface area contributed by atoms with Crippen molar-refractivity contribution in [2.45, 2.75) is 45.7 Å². The van der Waals surface area contributed by atoms with E-state index in [4.69, 9.17) is 0 Å². The molecule has 0 bridgehead atoms. The summed E-state index contributed by atoms with van der Waals surface area (Å²) in [5.41, 5.74) is 2.97. The van der Waals surface area contributed by atoms with E-state index < -0.39 is 0 Å². The van der Waals surface area contributed by atoms with Gasteiger partial charge < -0.3 is 10.2 Å². The summed E-state index contributed by atoms with van der Waals surface area (Å²) in [6, 6.07) is 9.68. The first-order chi connectivity index (χ1) is 16.0. The molecule has 2 aromatic heterocycles. The van der Waals surface area contributed by atoms with Crippen molar-refractivity contribution in [2.75, 3.05) is 7.05 Å². The molecule has 1 saturated carbocycles. The number of nitrogens with one attached hydrogen (secondary N) is 1. The van der Waals surface area contributed by atoms with Crippen LogP contribution in [0.2, 0.25) is 0 Å². The summed E-state index contributed by atoms with van der Waals surface area (Å²) in [4.78, 5) is 45.1. The number of amides is 2. The Bertz CT molecular complexity index is 1110. The zero-order valence-corrected chi connectivity index (χ0v) is 19.0. The Balaban J connectivity index is 1.57. The lowest BCUT2D eigenvalue weighted by molar-refractivity contribution is -0.134. The summed E-state index contributed by atoms with van der Waals surface area (Å²) < 4.78 is 0. The Kier molecular flexibility index (Phi) is 7.02. The van der Waals surface area contributed by atoms with Gasteiger partial charge in [-0.1, -0.05) is 43.2 Å². The van der Waals surface area contributed by atoms with Crippen molar-refractivity contribution in [3.05, 3.63) is 71.6 Å². The van der Waals surface area contributed by atoms with Crippen LogP contribution in [0.5, 0.6) is 0 Å². The van der Waals surface area contributed by atoms with E-state index in [1.807, 2.05) is 37.3 Å². The maximum Gasteiger partial charge on any atom is 0.255 e.